The average Bonchev–Trinajstić information content (AvgIpc) is 2.35. The zero-order valence-electron chi connectivity index (χ0n) is 11.6. The third-order valence-electron chi connectivity index (χ3n) is 2.84. The van der Waals surface area contributed by atoms with Gasteiger partial charge in [-0.25, -0.2) is 0 Å². The van der Waals surface area contributed by atoms with Crippen LogP contribution in [0.1, 0.15) is 5.56 Å². The molecule has 0 aliphatic heterocycles. The lowest BCUT2D eigenvalue weighted by Gasteiger charge is -2.09. The standard InChI is InChI=1S/C13H11ClO7S2/c1-8-6-9(2-4-12(8)22(15,16)17)21-10-3-5-13(11(14)7-10)23(18,19)20/h2-7H,1H3,(H,15,16,17)(H,18,19,20). The molecule has 2 aromatic carbocycles. The zero-order valence-corrected chi connectivity index (χ0v) is 14.0. The normalized spacial score (nSPS) is 12.2. The van der Waals surface area contributed by atoms with Crippen LogP contribution in [-0.2, 0) is 20.2 Å². The fourth-order valence-electron chi connectivity index (χ4n) is 1.87. The van der Waals surface area contributed by atoms with Gasteiger partial charge >= 0.3 is 0 Å². The molecule has 0 unspecified atom stereocenters. The van der Waals surface area contributed by atoms with Crippen LogP contribution in [0.4, 0.5) is 0 Å². The van der Waals surface area contributed by atoms with Gasteiger partial charge in [0, 0.05) is 6.07 Å². The highest BCUT2D eigenvalue weighted by atomic mass is 35.5. The number of ether oxygens (including phenoxy) is 1. The Morgan fingerprint density at radius 2 is 1.35 bits per heavy atom. The summed E-state index contributed by atoms with van der Waals surface area (Å²) in [4.78, 5) is -0.700. The summed E-state index contributed by atoms with van der Waals surface area (Å²) in [6, 6.07) is 7.42. The lowest BCUT2D eigenvalue weighted by molar-refractivity contribution is 0.476. The predicted octanol–water partition coefficient (Wildman–Crippen LogP) is 2.93. The van der Waals surface area contributed by atoms with Gasteiger partial charge in [0.2, 0.25) is 0 Å². The molecule has 0 aromatic heterocycles. The van der Waals surface area contributed by atoms with Crippen LogP contribution < -0.4 is 4.74 Å². The summed E-state index contributed by atoms with van der Waals surface area (Å²) in [6.07, 6.45) is 0. The lowest BCUT2D eigenvalue weighted by Crippen LogP contribution is -2.01. The lowest BCUT2D eigenvalue weighted by atomic mass is 10.2. The van der Waals surface area contributed by atoms with Crippen LogP contribution in [0.15, 0.2) is 46.2 Å². The van der Waals surface area contributed by atoms with Gasteiger partial charge in [0.25, 0.3) is 20.2 Å². The molecule has 0 aliphatic rings. The summed E-state index contributed by atoms with van der Waals surface area (Å²) >= 11 is 5.77. The van der Waals surface area contributed by atoms with Crippen molar-refractivity contribution in [1.29, 1.82) is 0 Å². The van der Waals surface area contributed by atoms with E-state index in [0.717, 1.165) is 6.07 Å². The van der Waals surface area contributed by atoms with Crippen molar-refractivity contribution in [1.82, 2.24) is 0 Å². The SMILES string of the molecule is Cc1cc(Oc2ccc(S(=O)(=O)O)c(Cl)c2)ccc1S(=O)(=O)O. The first-order valence-electron chi connectivity index (χ1n) is 6.01. The molecule has 10 heteroatoms. The summed E-state index contributed by atoms with van der Waals surface area (Å²) in [7, 11) is -8.76. The first kappa shape index (κ1) is 17.7. The number of aryl methyl sites for hydroxylation is 1. The third-order valence-corrected chi connectivity index (χ3v) is 5.19. The Kier molecular flexibility index (Phi) is 4.69. The molecule has 0 fully saturated rings. The highest BCUT2D eigenvalue weighted by Gasteiger charge is 2.16. The molecule has 0 saturated heterocycles. The minimum atomic E-state index is -4.43. The van der Waals surface area contributed by atoms with Crippen molar-refractivity contribution in [3.05, 3.63) is 47.0 Å². The van der Waals surface area contributed by atoms with Crippen molar-refractivity contribution in [3.8, 4) is 11.5 Å². The predicted molar refractivity (Wildman–Crippen MR) is 82.3 cm³/mol. The number of hydrogen-bond donors (Lipinski definition) is 2. The Hall–Kier alpha value is -1.65. The van der Waals surface area contributed by atoms with E-state index in [1.807, 2.05) is 0 Å². The van der Waals surface area contributed by atoms with Crippen molar-refractivity contribution < 1.29 is 30.7 Å². The van der Waals surface area contributed by atoms with E-state index in [9.17, 15) is 16.8 Å². The molecule has 0 aliphatic carbocycles. The van der Waals surface area contributed by atoms with E-state index in [2.05, 4.69) is 0 Å². The maximum absolute atomic E-state index is 11.1. The molecule has 0 atom stereocenters. The number of hydrogen-bond acceptors (Lipinski definition) is 5. The van der Waals surface area contributed by atoms with Crippen molar-refractivity contribution >= 4 is 31.8 Å². The highest BCUT2D eigenvalue weighted by Crippen LogP contribution is 2.30. The Morgan fingerprint density at radius 3 is 1.78 bits per heavy atom. The Balaban J connectivity index is 2.34. The van der Waals surface area contributed by atoms with Gasteiger partial charge in [0.1, 0.15) is 16.4 Å². The molecule has 7 nitrogen and oxygen atoms in total. The van der Waals surface area contributed by atoms with E-state index in [1.165, 1.54) is 37.3 Å². The van der Waals surface area contributed by atoms with Crippen LogP contribution in [0.5, 0.6) is 11.5 Å². The zero-order chi connectivity index (χ0) is 17.4. The molecular formula is C13H11ClO7S2. The molecule has 124 valence electrons. The topological polar surface area (TPSA) is 118 Å². The summed E-state index contributed by atoms with van der Waals surface area (Å²) in [5.41, 5.74) is 0.269. The first-order valence-corrected chi connectivity index (χ1v) is 9.27. The summed E-state index contributed by atoms with van der Waals surface area (Å²) in [5, 5.41) is -0.226. The van der Waals surface area contributed by atoms with Crippen LogP contribution in [0, 0.1) is 6.92 Å². The van der Waals surface area contributed by atoms with E-state index in [1.54, 1.807) is 0 Å². The summed E-state index contributed by atoms with van der Waals surface area (Å²) < 4.78 is 67.8. The second-order valence-electron chi connectivity index (χ2n) is 4.57. The highest BCUT2D eigenvalue weighted by molar-refractivity contribution is 7.86. The van der Waals surface area contributed by atoms with E-state index in [0.29, 0.717) is 0 Å². The van der Waals surface area contributed by atoms with Gasteiger partial charge < -0.3 is 4.74 Å². The van der Waals surface area contributed by atoms with E-state index in [4.69, 9.17) is 25.4 Å². The van der Waals surface area contributed by atoms with Crippen LogP contribution in [0.3, 0.4) is 0 Å². The molecule has 0 spiro atoms. The second kappa shape index (κ2) is 6.10. The molecule has 2 rings (SSSR count). The number of halogens is 1. The molecule has 0 saturated carbocycles. The van der Waals surface area contributed by atoms with Crippen molar-refractivity contribution in [2.45, 2.75) is 16.7 Å². The minimum Gasteiger partial charge on any atom is -0.457 e. The quantitative estimate of drug-likeness (QED) is 0.785. The van der Waals surface area contributed by atoms with Crippen LogP contribution in [0.25, 0.3) is 0 Å². The Bertz CT molecular complexity index is 886. The molecule has 2 N–H and O–H groups in total. The van der Waals surface area contributed by atoms with Gasteiger partial charge in [-0.05, 0) is 42.8 Å². The fraction of sp³-hybridized carbons (Fsp3) is 0.0769. The molecule has 0 heterocycles. The maximum atomic E-state index is 11.1. The van der Waals surface area contributed by atoms with Gasteiger partial charge in [-0.15, -0.1) is 0 Å². The molecule has 0 bridgehead atoms. The van der Waals surface area contributed by atoms with Gasteiger partial charge in [-0.1, -0.05) is 11.6 Å². The van der Waals surface area contributed by atoms with Crippen LogP contribution in [-0.4, -0.2) is 25.9 Å². The van der Waals surface area contributed by atoms with Crippen molar-refractivity contribution in [2.75, 3.05) is 0 Å². The number of benzene rings is 2. The van der Waals surface area contributed by atoms with Crippen molar-refractivity contribution in [3.63, 3.8) is 0 Å². The minimum absolute atomic E-state index is 0.182. The van der Waals surface area contributed by atoms with E-state index >= 15 is 0 Å². The molecule has 23 heavy (non-hydrogen) atoms. The summed E-state index contributed by atoms with van der Waals surface area (Å²) in [6.45, 7) is 1.48. The van der Waals surface area contributed by atoms with Crippen LogP contribution in [0.2, 0.25) is 5.02 Å². The second-order valence-corrected chi connectivity index (χ2v) is 7.76. The van der Waals surface area contributed by atoms with Gasteiger partial charge in [-0.3, -0.25) is 9.11 Å². The molecular weight excluding hydrogens is 368 g/mol. The maximum Gasteiger partial charge on any atom is 0.296 e. The van der Waals surface area contributed by atoms with Gasteiger partial charge in [-0.2, -0.15) is 16.8 Å². The van der Waals surface area contributed by atoms with Crippen molar-refractivity contribution in [2.24, 2.45) is 0 Å². The Morgan fingerprint density at radius 1 is 0.870 bits per heavy atom. The Labute approximate surface area is 138 Å². The summed E-state index contributed by atoms with van der Waals surface area (Å²) in [5.74, 6) is 0.437. The third kappa shape index (κ3) is 4.21. The van der Waals surface area contributed by atoms with Crippen LogP contribution >= 0.6 is 11.6 Å². The van der Waals surface area contributed by atoms with E-state index in [-0.39, 0.29) is 27.0 Å². The molecule has 2 aromatic rings. The van der Waals surface area contributed by atoms with Gasteiger partial charge in [0.05, 0.1) is 9.92 Å². The fourth-order valence-corrected chi connectivity index (χ4v) is 3.58. The molecule has 0 radical (unpaired) electrons. The average molecular weight is 379 g/mol. The number of rotatable bonds is 4. The smallest absolute Gasteiger partial charge is 0.296 e. The molecule has 0 amide bonds. The van der Waals surface area contributed by atoms with E-state index < -0.39 is 25.1 Å². The monoisotopic (exact) mass is 378 g/mol. The van der Waals surface area contributed by atoms with Gasteiger partial charge in [0.15, 0.2) is 0 Å². The first-order chi connectivity index (χ1) is 10.5. The largest absolute Gasteiger partial charge is 0.457 e.